The minimum absolute atomic E-state index is 0.0786. The maximum Gasteiger partial charge on any atom is 0.243 e. The first-order valence-corrected chi connectivity index (χ1v) is 7.02. The molecule has 0 spiro atoms. The summed E-state index contributed by atoms with van der Waals surface area (Å²) in [6.45, 7) is 1.27. The molecule has 1 aliphatic heterocycles. The molecule has 0 saturated heterocycles. The van der Waals surface area contributed by atoms with Gasteiger partial charge in [-0.1, -0.05) is 12.1 Å². The van der Waals surface area contributed by atoms with Gasteiger partial charge in [0.15, 0.2) is 0 Å². The Balaban J connectivity index is 1.54. The number of hydrogen-bond acceptors (Lipinski definition) is 3. The van der Waals surface area contributed by atoms with Gasteiger partial charge in [0.25, 0.3) is 0 Å². The van der Waals surface area contributed by atoms with Crippen molar-refractivity contribution in [2.24, 2.45) is 0 Å². The third kappa shape index (κ3) is 3.11. The average Bonchev–Trinajstić information content (AvgIpc) is 2.97. The first-order chi connectivity index (χ1) is 10.2. The first kappa shape index (κ1) is 13.8. The molecule has 3 rings (SSSR count). The Morgan fingerprint density at radius 2 is 2.19 bits per heavy atom. The lowest BCUT2D eigenvalue weighted by Crippen LogP contribution is -2.42. The predicted octanol–water partition coefficient (Wildman–Crippen LogP) is 1.09. The van der Waals surface area contributed by atoms with Gasteiger partial charge in [0.1, 0.15) is 11.9 Å². The number of carbonyl (C=O) groups is 1. The summed E-state index contributed by atoms with van der Waals surface area (Å²) < 4.78 is 12.8. The van der Waals surface area contributed by atoms with Crippen LogP contribution < -0.4 is 10.6 Å². The van der Waals surface area contributed by atoms with Gasteiger partial charge in [-0.15, -0.1) is 0 Å². The van der Waals surface area contributed by atoms with Crippen LogP contribution in [0.25, 0.3) is 0 Å². The summed E-state index contributed by atoms with van der Waals surface area (Å²) in [6.07, 6.45) is 3.15. The minimum atomic E-state index is -0.395. The molecule has 1 aromatic heterocycles. The van der Waals surface area contributed by atoms with Crippen LogP contribution >= 0.6 is 0 Å². The molecular weight excluding hydrogens is 271 g/mol. The summed E-state index contributed by atoms with van der Waals surface area (Å²) in [7, 11) is 0. The van der Waals surface area contributed by atoms with E-state index in [-0.39, 0.29) is 11.7 Å². The Morgan fingerprint density at radius 1 is 1.38 bits per heavy atom. The van der Waals surface area contributed by atoms with Gasteiger partial charge in [0.05, 0.1) is 12.0 Å². The summed E-state index contributed by atoms with van der Waals surface area (Å²) in [5, 5.41) is 6.07. The van der Waals surface area contributed by atoms with Crippen LogP contribution in [0.4, 0.5) is 4.39 Å². The maximum absolute atomic E-state index is 12.8. The average molecular weight is 288 g/mol. The van der Waals surface area contributed by atoms with E-state index in [1.807, 2.05) is 0 Å². The van der Waals surface area contributed by atoms with E-state index in [1.54, 1.807) is 18.5 Å². The Hall–Kier alpha value is -2.21. The van der Waals surface area contributed by atoms with Crippen LogP contribution in [0.3, 0.4) is 0 Å². The van der Waals surface area contributed by atoms with E-state index in [9.17, 15) is 9.18 Å². The fourth-order valence-corrected chi connectivity index (χ4v) is 2.52. The number of nitrogens with one attached hydrogen (secondary N) is 3. The van der Waals surface area contributed by atoms with Crippen molar-refractivity contribution in [3.8, 4) is 0 Å². The molecule has 3 N–H and O–H groups in total. The molecule has 0 saturated carbocycles. The highest BCUT2D eigenvalue weighted by molar-refractivity contribution is 5.83. The van der Waals surface area contributed by atoms with E-state index in [4.69, 9.17) is 0 Å². The van der Waals surface area contributed by atoms with Crippen LogP contribution in [0, 0.1) is 5.82 Å². The van der Waals surface area contributed by atoms with Crippen molar-refractivity contribution in [1.82, 2.24) is 20.6 Å². The van der Waals surface area contributed by atoms with Gasteiger partial charge >= 0.3 is 0 Å². The first-order valence-electron chi connectivity index (χ1n) is 7.02. The SMILES string of the molecule is O=C(NCCc1ccc(F)cc1)C1NCCc2[nH]cnc21. The lowest BCUT2D eigenvalue weighted by Gasteiger charge is -2.22. The molecule has 1 amide bonds. The highest BCUT2D eigenvalue weighted by Gasteiger charge is 2.27. The Labute approximate surface area is 122 Å². The third-order valence-corrected chi connectivity index (χ3v) is 3.64. The summed E-state index contributed by atoms with van der Waals surface area (Å²) in [5.74, 6) is -0.328. The summed E-state index contributed by atoms with van der Waals surface area (Å²) in [5.41, 5.74) is 2.79. The zero-order chi connectivity index (χ0) is 14.7. The van der Waals surface area contributed by atoms with Crippen molar-refractivity contribution >= 4 is 5.91 Å². The molecule has 0 bridgehead atoms. The number of hydrogen-bond donors (Lipinski definition) is 3. The van der Waals surface area contributed by atoms with Crippen molar-refractivity contribution in [1.29, 1.82) is 0 Å². The van der Waals surface area contributed by atoms with E-state index < -0.39 is 6.04 Å². The van der Waals surface area contributed by atoms with Crippen molar-refractivity contribution in [2.45, 2.75) is 18.9 Å². The van der Waals surface area contributed by atoms with Crippen LogP contribution in [0.5, 0.6) is 0 Å². The van der Waals surface area contributed by atoms with E-state index in [0.717, 1.165) is 29.9 Å². The number of benzene rings is 1. The monoisotopic (exact) mass is 288 g/mol. The van der Waals surface area contributed by atoms with Gasteiger partial charge < -0.3 is 15.6 Å². The topological polar surface area (TPSA) is 69.8 Å². The molecule has 1 aliphatic rings. The number of aromatic amines is 1. The summed E-state index contributed by atoms with van der Waals surface area (Å²) >= 11 is 0. The molecule has 2 aromatic rings. The smallest absolute Gasteiger partial charge is 0.243 e. The number of imidazole rings is 1. The molecule has 1 unspecified atom stereocenters. The predicted molar refractivity (Wildman–Crippen MR) is 76.1 cm³/mol. The summed E-state index contributed by atoms with van der Waals surface area (Å²) in [4.78, 5) is 19.5. The highest BCUT2D eigenvalue weighted by Crippen LogP contribution is 2.19. The Bertz CT molecular complexity index is 623. The van der Waals surface area contributed by atoms with Crippen LogP contribution in [-0.4, -0.2) is 29.0 Å². The second-order valence-corrected chi connectivity index (χ2v) is 5.07. The third-order valence-electron chi connectivity index (χ3n) is 3.64. The molecule has 1 aromatic carbocycles. The zero-order valence-electron chi connectivity index (χ0n) is 11.5. The van der Waals surface area contributed by atoms with Gasteiger partial charge in [-0.2, -0.15) is 0 Å². The second kappa shape index (κ2) is 6.05. The highest BCUT2D eigenvalue weighted by atomic mass is 19.1. The molecule has 0 radical (unpaired) electrons. The number of rotatable bonds is 4. The van der Waals surface area contributed by atoms with E-state index >= 15 is 0 Å². The number of carbonyl (C=O) groups excluding carboxylic acids is 1. The normalized spacial score (nSPS) is 17.3. The molecule has 2 heterocycles. The van der Waals surface area contributed by atoms with E-state index in [1.165, 1.54) is 12.1 Å². The molecule has 0 aliphatic carbocycles. The lowest BCUT2D eigenvalue weighted by molar-refractivity contribution is -0.123. The zero-order valence-corrected chi connectivity index (χ0v) is 11.5. The number of aromatic nitrogens is 2. The van der Waals surface area contributed by atoms with E-state index in [0.29, 0.717) is 13.0 Å². The van der Waals surface area contributed by atoms with Gasteiger partial charge in [0, 0.05) is 25.2 Å². The second-order valence-electron chi connectivity index (χ2n) is 5.07. The Kier molecular flexibility index (Phi) is 3.96. The van der Waals surface area contributed by atoms with Crippen LogP contribution in [0.2, 0.25) is 0 Å². The summed E-state index contributed by atoms with van der Waals surface area (Å²) in [6, 6.07) is 5.91. The standard InChI is InChI=1S/C15H17FN4O/c16-11-3-1-10(2-4-11)5-7-18-15(21)14-13-12(6-8-17-14)19-9-20-13/h1-4,9,14,17H,5-8H2,(H,18,21)(H,19,20). The van der Waals surface area contributed by atoms with Crippen molar-refractivity contribution in [3.63, 3.8) is 0 Å². The van der Waals surface area contributed by atoms with Gasteiger partial charge in [-0.3, -0.25) is 4.79 Å². The number of H-pyrrole nitrogens is 1. The van der Waals surface area contributed by atoms with Crippen LogP contribution in [-0.2, 0) is 17.6 Å². The fourth-order valence-electron chi connectivity index (χ4n) is 2.52. The van der Waals surface area contributed by atoms with Crippen LogP contribution in [0.15, 0.2) is 30.6 Å². The largest absolute Gasteiger partial charge is 0.354 e. The van der Waals surface area contributed by atoms with Gasteiger partial charge in [-0.05, 0) is 24.1 Å². The number of nitrogens with zero attached hydrogens (tertiary/aromatic N) is 1. The number of amides is 1. The van der Waals surface area contributed by atoms with Gasteiger partial charge in [0.2, 0.25) is 5.91 Å². The number of fused-ring (bicyclic) bond motifs is 1. The van der Waals surface area contributed by atoms with Crippen molar-refractivity contribution in [3.05, 3.63) is 53.4 Å². The molecule has 0 fully saturated rings. The lowest BCUT2D eigenvalue weighted by atomic mass is 10.0. The van der Waals surface area contributed by atoms with Crippen molar-refractivity contribution in [2.75, 3.05) is 13.1 Å². The maximum atomic E-state index is 12.8. The van der Waals surface area contributed by atoms with E-state index in [2.05, 4.69) is 20.6 Å². The van der Waals surface area contributed by atoms with Gasteiger partial charge in [-0.25, -0.2) is 9.37 Å². The molecule has 110 valence electrons. The van der Waals surface area contributed by atoms with Crippen LogP contribution in [0.1, 0.15) is 23.0 Å². The minimum Gasteiger partial charge on any atom is -0.354 e. The fraction of sp³-hybridized carbons (Fsp3) is 0.333. The molecule has 21 heavy (non-hydrogen) atoms. The molecule has 6 heteroatoms. The van der Waals surface area contributed by atoms with Crippen molar-refractivity contribution < 1.29 is 9.18 Å². The molecule has 1 atom stereocenters. The molecular formula is C15H17FN4O. The Morgan fingerprint density at radius 3 is 3.00 bits per heavy atom. The number of halogens is 1. The molecule has 5 nitrogen and oxygen atoms in total. The quantitative estimate of drug-likeness (QED) is 0.789.